The number of nitrogen functional groups attached to an aromatic ring is 1. The van der Waals surface area contributed by atoms with Crippen LogP contribution in [0.15, 0.2) is 71.8 Å². The van der Waals surface area contributed by atoms with Gasteiger partial charge >= 0.3 is 5.97 Å². The quantitative estimate of drug-likeness (QED) is 0.418. The molecule has 164 valence electrons. The van der Waals surface area contributed by atoms with Crippen LogP contribution in [0.3, 0.4) is 0 Å². The van der Waals surface area contributed by atoms with Crippen LogP contribution in [-0.2, 0) is 14.8 Å². The number of rotatable bonds is 6. The van der Waals surface area contributed by atoms with E-state index in [4.69, 9.17) is 28.9 Å². The maximum absolute atomic E-state index is 13.3. The van der Waals surface area contributed by atoms with E-state index >= 15 is 0 Å². The third-order valence-electron chi connectivity index (χ3n) is 4.67. The second-order valence-electron chi connectivity index (χ2n) is 6.86. The molecule has 0 spiro atoms. The van der Waals surface area contributed by atoms with Crippen LogP contribution in [0.5, 0.6) is 0 Å². The van der Waals surface area contributed by atoms with Gasteiger partial charge in [0.15, 0.2) is 0 Å². The normalized spacial score (nSPS) is 11.6. The first-order chi connectivity index (χ1) is 15.1. The molecule has 0 fully saturated rings. The minimum Gasteiger partial charge on any atom is -0.480 e. The summed E-state index contributed by atoms with van der Waals surface area (Å²) in [4.78, 5) is 15.6. The monoisotopic (exact) mass is 490 g/mol. The summed E-state index contributed by atoms with van der Waals surface area (Å²) in [7, 11) is -4.27. The number of hydrogen-bond donors (Lipinski definition) is 2. The van der Waals surface area contributed by atoms with Crippen molar-refractivity contribution in [3.8, 4) is 5.82 Å². The first kappa shape index (κ1) is 21.9. The second-order valence-corrected chi connectivity index (χ2v) is 9.60. The molecule has 2 aromatic heterocycles. The minimum atomic E-state index is -4.27. The fourth-order valence-corrected chi connectivity index (χ4v) is 5.43. The summed E-state index contributed by atoms with van der Waals surface area (Å²) in [5.41, 5.74) is 6.69. The van der Waals surface area contributed by atoms with Gasteiger partial charge in [0, 0.05) is 21.6 Å². The number of sulfonamides is 1. The summed E-state index contributed by atoms with van der Waals surface area (Å²) in [6, 6.07) is 15.6. The molecule has 0 radical (unpaired) electrons. The van der Waals surface area contributed by atoms with E-state index < -0.39 is 22.5 Å². The lowest BCUT2D eigenvalue weighted by Gasteiger charge is -2.23. The van der Waals surface area contributed by atoms with E-state index in [2.05, 4.69) is 4.98 Å². The summed E-state index contributed by atoms with van der Waals surface area (Å²) in [6.45, 7) is -0.782. The topological polar surface area (TPSA) is 119 Å². The van der Waals surface area contributed by atoms with Gasteiger partial charge in [-0.05, 0) is 54.6 Å². The van der Waals surface area contributed by atoms with Crippen LogP contribution in [-0.4, -0.2) is 35.6 Å². The number of carbonyl (C=O) groups is 1. The zero-order valence-corrected chi connectivity index (χ0v) is 18.6. The van der Waals surface area contributed by atoms with Gasteiger partial charge in [-0.2, -0.15) is 0 Å². The van der Waals surface area contributed by atoms with Crippen molar-refractivity contribution in [3.63, 3.8) is 0 Å². The zero-order valence-electron chi connectivity index (χ0n) is 16.3. The molecule has 0 aliphatic carbocycles. The number of fused-ring (bicyclic) bond motifs is 1. The van der Waals surface area contributed by atoms with Crippen molar-refractivity contribution in [1.82, 2.24) is 9.55 Å². The molecule has 2 heterocycles. The highest BCUT2D eigenvalue weighted by molar-refractivity contribution is 7.92. The highest BCUT2D eigenvalue weighted by atomic mass is 35.5. The van der Waals surface area contributed by atoms with Gasteiger partial charge in [-0.15, -0.1) is 0 Å². The molecule has 4 rings (SSSR count). The Morgan fingerprint density at radius 2 is 1.78 bits per heavy atom. The van der Waals surface area contributed by atoms with Crippen molar-refractivity contribution in [2.24, 2.45) is 0 Å². The van der Waals surface area contributed by atoms with Gasteiger partial charge in [-0.1, -0.05) is 29.3 Å². The fourth-order valence-electron chi connectivity index (χ4n) is 3.30. The van der Waals surface area contributed by atoms with E-state index in [1.165, 1.54) is 24.3 Å². The van der Waals surface area contributed by atoms with Crippen LogP contribution in [0.2, 0.25) is 10.0 Å². The molecule has 0 unspecified atom stereocenters. The number of aromatic nitrogens is 2. The number of hydrogen-bond acceptors (Lipinski definition) is 5. The molecule has 2 aromatic carbocycles. The van der Waals surface area contributed by atoms with Gasteiger partial charge in [0.1, 0.15) is 18.2 Å². The molecule has 0 bridgehead atoms. The molecule has 0 atom stereocenters. The Bertz CT molecular complexity index is 1430. The number of benzene rings is 2. The molecular weight excluding hydrogens is 475 g/mol. The van der Waals surface area contributed by atoms with Crippen molar-refractivity contribution in [3.05, 3.63) is 76.9 Å². The Morgan fingerprint density at radius 1 is 1.06 bits per heavy atom. The lowest BCUT2D eigenvalue weighted by molar-refractivity contribution is -0.135. The fraction of sp³-hybridized carbons (Fsp3) is 0.0476. The van der Waals surface area contributed by atoms with Crippen LogP contribution < -0.4 is 10.0 Å². The average Bonchev–Trinajstić information content (AvgIpc) is 3.14. The third kappa shape index (κ3) is 4.22. The van der Waals surface area contributed by atoms with Crippen LogP contribution in [0.1, 0.15) is 0 Å². The molecule has 0 aliphatic heterocycles. The number of halogens is 2. The van der Waals surface area contributed by atoms with Gasteiger partial charge < -0.3 is 15.4 Å². The molecule has 0 saturated heterocycles. The molecule has 0 aliphatic rings. The predicted octanol–water partition coefficient (Wildman–Crippen LogP) is 4.19. The van der Waals surface area contributed by atoms with Gasteiger partial charge in [0.05, 0.1) is 16.1 Å². The summed E-state index contributed by atoms with van der Waals surface area (Å²) < 4.78 is 29.2. The molecule has 8 nitrogen and oxygen atoms in total. The maximum atomic E-state index is 13.3. The van der Waals surface area contributed by atoms with Crippen molar-refractivity contribution in [2.75, 3.05) is 16.6 Å². The van der Waals surface area contributed by atoms with Crippen molar-refractivity contribution < 1.29 is 18.3 Å². The third-order valence-corrected chi connectivity index (χ3v) is 6.86. The minimum absolute atomic E-state index is 0.119. The van der Waals surface area contributed by atoms with Crippen molar-refractivity contribution in [2.45, 2.75) is 4.90 Å². The number of nitrogens with zero attached hydrogens (tertiary/aromatic N) is 3. The highest BCUT2D eigenvalue weighted by Gasteiger charge is 2.28. The number of carboxylic acids is 1. The van der Waals surface area contributed by atoms with Gasteiger partial charge in [-0.25, -0.2) is 13.4 Å². The number of anilines is 2. The summed E-state index contributed by atoms with van der Waals surface area (Å²) >= 11 is 11.9. The molecule has 0 saturated carbocycles. The standard InChI is InChI=1S/C21H16Cl2N4O4S/c22-14-9-15(23)11-17(10-14)32(30,31)27(12-21(28)29)16-4-5-18-13(8-16)6-7-26(18)20-3-1-2-19(24)25-20/h1-11H,12H2,(H2,24,25)(H,28,29). The van der Waals surface area contributed by atoms with E-state index in [1.807, 2.05) is 0 Å². The van der Waals surface area contributed by atoms with Crippen LogP contribution in [0.25, 0.3) is 16.7 Å². The molecule has 11 heteroatoms. The van der Waals surface area contributed by atoms with Crippen molar-refractivity contribution in [1.29, 1.82) is 0 Å². The number of aliphatic carboxylic acids is 1. The summed E-state index contributed by atoms with van der Waals surface area (Å²) in [6.07, 6.45) is 1.77. The Kier molecular flexibility index (Phi) is 5.72. The van der Waals surface area contributed by atoms with Crippen LogP contribution in [0.4, 0.5) is 11.5 Å². The molecule has 4 aromatic rings. The van der Waals surface area contributed by atoms with E-state index in [1.54, 1.807) is 47.2 Å². The first-order valence-electron chi connectivity index (χ1n) is 9.20. The molecule has 0 amide bonds. The Hall–Kier alpha value is -3.27. The smallest absolute Gasteiger partial charge is 0.324 e. The summed E-state index contributed by atoms with van der Waals surface area (Å²) in [5, 5.41) is 10.3. The lowest BCUT2D eigenvalue weighted by Crippen LogP contribution is -2.35. The van der Waals surface area contributed by atoms with E-state index in [9.17, 15) is 18.3 Å². The lowest BCUT2D eigenvalue weighted by atomic mass is 10.2. The van der Waals surface area contributed by atoms with E-state index in [0.29, 0.717) is 17.0 Å². The highest BCUT2D eigenvalue weighted by Crippen LogP contribution is 2.31. The first-order valence-corrected chi connectivity index (χ1v) is 11.4. The van der Waals surface area contributed by atoms with E-state index in [-0.39, 0.29) is 20.6 Å². The second kappa shape index (κ2) is 8.34. The Morgan fingerprint density at radius 3 is 2.44 bits per heavy atom. The number of nitrogens with two attached hydrogens (primary N) is 1. The maximum Gasteiger partial charge on any atom is 0.324 e. The van der Waals surface area contributed by atoms with E-state index in [0.717, 1.165) is 9.82 Å². The number of pyridine rings is 1. The molecule has 32 heavy (non-hydrogen) atoms. The largest absolute Gasteiger partial charge is 0.480 e. The van der Waals surface area contributed by atoms with Crippen LogP contribution in [0, 0.1) is 0 Å². The van der Waals surface area contributed by atoms with Crippen molar-refractivity contribution >= 4 is 61.6 Å². The van der Waals surface area contributed by atoms with Crippen LogP contribution >= 0.6 is 23.2 Å². The van der Waals surface area contributed by atoms with Gasteiger partial charge in [0.25, 0.3) is 10.0 Å². The Balaban J connectivity index is 1.82. The zero-order chi connectivity index (χ0) is 23.0. The predicted molar refractivity (Wildman–Crippen MR) is 124 cm³/mol. The molecular formula is C21H16Cl2N4O4S. The van der Waals surface area contributed by atoms with Gasteiger partial charge in [0.2, 0.25) is 0 Å². The SMILES string of the molecule is Nc1cccc(-n2ccc3cc(N(CC(=O)O)S(=O)(=O)c4cc(Cl)cc(Cl)c4)ccc32)n1. The van der Waals surface area contributed by atoms with Gasteiger partial charge in [-0.3, -0.25) is 9.10 Å². The Labute approximate surface area is 193 Å². The summed E-state index contributed by atoms with van der Waals surface area (Å²) in [5.74, 6) is -0.362. The average molecular weight is 491 g/mol. The molecule has 3 N–H and O–H groups in total. The number of carboxylic acid groups (broad SMARTS) is 1.